The number of carbonyl (C=O) groups excluding carboxylic acids is 2. The molecule has 0 spiro atoms. The van der Waals surface area contributed by atoms with E-state index in [0.717, 1.165) is 5.56 Å². The Balaban J connectivity index is 0.00000364. The van der Waals surface area contributed by atoms with E-state index < -0.39 is 24.7 Å². The van der Waals surface area contributed by atoms with Crippen molar-refractivity contribution in [2.45, 2.75) is 32.0 Å². The molecule has 1 amide bonds. The van der Waals surface area contributed by atoms with Gasteiger partial charge in [-0.05, 0) is 6.92 Å². The predicted octanol–water partition coefficient (Wildman–Crippen LogP) is 2.33. The zero-order chi connectivity index (χ0) is 19.2. The van der Waals surface area contributed by atoms with Crippen molar-refractivity contribution in [1.82, 2.24) is 15.5 Å². The lowest BCUT2D eigenvalue weighted by atomic mass is 10.0. The zero-order valence-corrected chi connectivity index (χ0v) is 16.0. The highest BCUT2D eigenvalue weighted by atomic mass is 35.5. The van der Waals surface area contributed by atoms with Gasteiger partial charge in [0.05, 0.1) is 0 Å². The van der Waals surface area contributed by atoms with Gasteiger partial charge in [-0.1, -0.05) is 29.8 Å². The first-order valence-corrected chi connectivity index (χ1v) is 8.65. The fourth-order valence-corrected chi connectivity index (χ4v) is 2.86. The standard InChI is InChI=1S/C18H24F3N3O2.ClH/c1-13-2-4-14(5-3-13)15(25)6-7-17(26)23-12-16(18(19,20)21)24-10-8-22-9-11-24;/h2-5,16,22H,6-12H2,1H3,(H,23,26);1H. The van der Waals surface area contributed by atoms with Crippen LogP contribution in [0.15, 0.2) is 24.3 Å². The minimum atomic E-state index is -4.41. The molecule has 1 unspecified atom stereocenters. The molecule has 2 rings (SSSR count). The smallest absolute Gasteiger partial charge is 0.354 e. The normalized spacial score (nSPS) is 16.3. The molecule has 9 heteroatoms. The van der Waals surface area contributed by atoms with Crippen molar-refractivity contribution in [3.8, 4) is 0 Å². The van der Waals surface area contributed by atoms with Crippen LogP contribution in [0.4, 0.5) is 13.2 Å². The first kappa shape index (κ1) is 23.4. The molecule has 1 aliphatic heterocycles. The molecule has 1 atom stereocenters. The molecule has 0 aromatic heterocycles. The van der Waals surface area contributed by atoms with Crippen molar-refractivity contribution < 1.29 is 22.8 Å². The number of nitrogens with zero attached hydrogens (tertiary/aromatic N) is 1. The summed E-state index contributed by atoms with van der Waals surface area (Å²) >= 11 is 0. The molecule has 2 N–H and O–H groups in total. The Morgan fingerprint density at radius 2 is 1.74 bits per heavy atom. The highest BCUT2D eigenvalue weighted by Gasteiger charge is 2.43. The van der Waals surface area contributed by atoms with Gasteiger partial charge in [0.2, 0.25) is 5.91 Å². The molecule has 0 aliphatic carbocycles. The number of alkyl halides is 3. The number of halogens is 4. The van der Waals surface area contributed by atoms with Gasteiger partial charge in [0, 0.05) is 51.1 Å². The van der Waals surface area contributed by atoms with Crippen molar-refractivity contribution in [2.75, 3.05) is 32.7 Å². The van der Waals surface area contributed by atoms with Crippen LogP contribution in [0.1, 0.15) is 28.8 Å². The van der Waals surface area contributed by atoms with Crippen molar-refractivity contribution in [3.05, 3.63) is 35.4 Å². The Morgan fingerprint density at radius 1 is 1.15 bits per heavy atom. The molecule has 1 saturated heterocycles. The van der Waals surface area contributed by atoms with Crippen LogP contribution in [-0.4, -0.2) is 61.5 Å². The van der Waals surface area contributed by atoms with Gasteiger partial charge in [0.25, 0.3) is 0 Å². The summed E-state index contributed by atoms with van der Waals surface area (Å²) in [5.41, 5.74) is 1.52. The summed E-state index contributed by atoms with van der Waals surface area (Å²) in [6.45, 7) is 2.95. The largest absolute Gasteiger partial charge is 0.405 e. The monoisotopic (exact) mass is 407 g/mol. The lowest BCUT2D eigenvalue weighted by Gasteiger charge is -2.35. The van der Waals surface area contributed by atoms with E-state index in [1.165, 1.54) is 4.90 Å². The number of Topliss-reactive ketones (excluding diaryl/α,β-unsaturated/α-hetero) is 1. The summed E-state index contributed by atoms with van der Waals surface area (Å²) < 4.78 is 39.8. The summed E-state index contributed by atoms with van der Waals surface area (Å²) in [4.78, 5) is 25.2. The number of benzene rings is 1. The van der Waals surface area contributed by atoms with Crippen LogP contribution in [0.2, 0.25) is 0 Å². The van der Waals surface area contributed by atoms with E-state index in [4.69, 9.17) is 0 Å². The van der Waals surface area contributed by atoms with Gasteiger partial charge in [0.1, 0.15) is 6.04 Å². The van der Waals surface area contributed by atoms with Gasteiger partial charge < -0.3 is 10.6 Å². The third-order valence-electron chi connectivity index (χ3n) is 4.42. The van der Waals surface area contributed by atoms with E-state index in [9.17, 15) is 22.8 Å². The van der Waals surface area contributed by atoms with Crippen molar-refractivity contribution >= 4 is 24.1 Å². The van der Waals surface area contributed by atoms with Gasteiger partial charge in [-0.25, -0.2) is 0 Å². The van der Waals surface area contributed by atoms with Crippen LogP contribution in [0.5, 0.6) is 0 Å². The molecule has 1 aromatic rings. The highest BCUT2D eigenvalue weighted by Crippen LogP contribution is 2.24. The van der Waals surface area contributed by atoms with E-state index in [0.29, 0.717) is 18.7 Å². The van der Waals surface area contributed by atoms with Gasteiger partial charge in [-0.3, -0.25) is 14.5 Å². The van der Waals surface area contributed by atoms with E-state index in [2.05, 4.69) is 10.6 Å². The maximum Gasteiger partial charge on any atom is 0.405 e. The molecular weight excluding hydrogens is 383 g/mol. The summed E-state index contributed by atoms with van der Waals surface area (Å²) in [6.07, 6.45) is -4.57. The number of piperazine rings is 1. The maximum atomic E-state index is 13.3. The first-order chi connectivity index (χ1) is 12.3. The van der Waals surface area contributed by atoms with Crippen molar-refractivity contribution in [2.24, 2.45) is 0 Å². The molecule has 1 fully saturated rings. The number of carbonyl (C=O) groups is 2. The number of hydrogen-bond acceptors (Lipinski definition) is 4. The Morgan fingerprint density at radius 3 is 2.30 bits per heavy atom. The van der Waals surface area contributed by atoms with Gasteiger partial charge in [-0.2, -0.15) is 13.2 Å². The quantitative estimate of drug-likeness (QED) is 0.681. The highest BCUT2D eigenvalue weighted by molar-refractivity contribution is 5.97. The SMILES string of the molecule is Cc1ccc(C(=O)CCC(=O)NCC(N2CCNCC2)C(F)(F)F)cc1.Cl. The molecule has 1 aliphatic rings. The van der Waals surface area contributed by atoms with Crippen molar-refractivity contribution in [1.29, 1.82) is 0 Å². The Kier molecular flexibility index (Phi) is 9.21. The summed E-state index contributed by atoms with van der Waals surface area (Å²) in [6, 6.07) is 5.25. The second-order valence-electron chi connectivity index (χ2n) is 6.44. The number of rotatable bonds is 7. The van der Waals surface area contributed by atoms with Crippen LogP contribution in [0, 0.1) is 6.92 Å². The van der Waals surface area contributed by atoms with Gasteiger partial charge in [0.15, 0.2) is 5.78 Å². The lowest BCUT2D eigenvalue weighted by Crippen LogP contribution is -2.57. The second kappa shape index (κ2) is 10.6. The molecule has 0 bridgehead atoms. The molecule has 5 nitrogen and oxygen atoms in total. The summed E-state index contributed by atoms with van der Waals surface area (Å²) in [5, 5.41) is 5.33. The number of amides is 1. The van der Waals surface area contributed by atoms with Crippen LogP contribution in [0.25, 0.3) is 0 Å². The fraction of sp³-hybridized carbons (Fsp3) is 0.556. The Bertz CT molecular complexity index is 617. The predicted molar refractivity (Wildman–Crippen MR) is 99.3 cm³/mol. The summed E-state index contributed by atoms with van der Waals surface area (Å²) in [7, 11) is 0. The Hall–Kier alpha value is -1.64. The molecular formula is C18H25ClF3N3O2. The molecule has 152 valence electrons. The minimum absolute atomic E-state index is 0. The van der Waals surface area contributed by atoms with E-state index in [-0.39, 0.29) is 44.1 Å². The average molecular weight is 408 g/mol. The number of ketones is 1. The van der Waals surface area contributed by atoms with Gasteiger partial charge >= 0.3 is 6.18 Å². The number of hydrogen-bond donors (Lipinski definition) is 2. The van der Waals surface area contributed by atoms with E-state index in [1.54, 1.807) is 24.3 Å². The minimum Gasteiger partial charge on any atom is -0.354 e. The third-order valence-corrected chi connectivity index (χ3v) is 4.42. The second-order valence-corrected chi connectivity index (χ2v) is 6.44. The molecule has 0 saturated carbocycles. The molecule has 0 radical (unpaired) electrons. The first-order valence-electron chi connectivity index (χ1n) is 8.65. The fourth-order valence-electron chi connectivity index (χ4n) is 2.86. The molecule has 1 aromatic carbocycles. The van der Waals surface area contributed by atoms with Crippen LogP contribution < -0.4 is 10.6 Å². The summed E-state index contributed by atoms with van der Waals surface area (Å²) in [5.74, 6) is -0.746. The third kappa shape index (κ3) is 7.48. The average Bonchev–Trinajstić information content (AvgIpc) is 2.60. The zero-order valence-electron chi connectivity index (χ0n) is 15.1. The van der Waals surface area contributed by atoms with Crippen LogP contribution >= 0.6 is 12.4 Å². The van der Waals surface area contributed by atoms with Crippen LogP contribution in [0.3, 0.4) is 0 Å². The maximum absolute atomic E-state index is 13.3. The van der Waals surface area contributed by atoms with Gasteiger partial charge in [-0.15, -0.1) is 12.4 Å². The Labute approximate surface area is 163 Å². The molecule has 1 heterocycles. The molecule has 27 heavy (non-hydrogen) atoms. The van der Waals surface area contributed by atoms with Crippen molar-refractivity contribution in [3.63, 3.8) is 0 Å². The number of aryl methyl sites for hydroxylation is 1. The lowest BCUT2D eigenvalue weighted by molar-refractivity contribution is -0.184. The number of nitrogens with one attached hydrogen (secondary N) is 2. The van der Waals surface area contributed by atoms with E-state index in [1.807, 2.05) is 6.92 Å². The van der Waals surface area contributed by atoms with E-state index >= 15 is 0 Å². The van der Waals surface area contributed by atoms with Crippen LogP contribution in [-0.2, 0) is 4.79 Å². The topological polar surface area (TPSA) is 61.4 Å².